The molecule has 0 radical (unpaired) electrons. The highest BCUT2D eigenvalue weighted by molar-refractivity contribution is 6.29. The number of fused-ring (bicyclic) bond motifs is 1. The van der Waals surface area contributed by atoms with Crippen molar-refractivity contribution in [2.24, 2.45) is 0 Å². The fourth-order valence-corrected chi connectivity index (χ4v) is 1.99. The molecule has 0 saturated heterocycles. The lowest BCUT2D eigenvalue weighted by atomic mass is 9.98. The largest absolute Gasteiger partial charge is 0.328 e. The van der Waals surface area contributed by atoms with Gasteiger partial charge >= 0.3 is 0 Å². The number of halogens is 1. The smallest absolute Gasteiger partial charge is 0.201 e. The summed E-state index contributed by atoms with van der Waals surface area (Å²) >= 11 is 5.87. The van der Waals surface area contributed by atoms with Crippen LogP contribution in [0.1, 0.15) is 22.3 Å². The molecular weight excluding hydrogens is 196 g/mol. The Morgan fingerprint density at radius 2 is 1.50 bits per heavy atom. The highest BCUT2D eigenvalue weighted by Crippen LogP contribution is 2.28. The van der Waals surface area contributed by atoms with Crippen LogP contribution >= 0.6 is 11.6 Å². The van der Waals surface area contributed by atoms with Crippen molar-refractivity contribution >= 4 is 22.6 Å². The molecule has 1 heterocycles. The van der Waals surface area contributed by atoms with Crippen LogP contribution in [0.5, 0.6) is 0 Å². The Balaban J connectivity index is 3.01. The summed E-state index contributed by atoms with van der Waals surface area (Å²) in [7, 11) is 0. The SMILES string of the molecule is Cc1c(C)c(C)c2[nH]c(Cl)nc2c1C. The molecule has 0 fully saturated rings. The van der Waals surface area contributed by atoms with Gasteiger partial charge in [-0.1, -0.05) is 0 Å². The van der Waals surface area contributed by atoms with Crippen LogP contribution in [0.25, 0.3) is 11.0 Å². The van der Waals surface area contributed by atoms with Crippen molar-refractivity contribution in [3.05, 3.63) is 27.5 Å². The van der Waals surface area contributed by atoms with E-state index >= 15 is 0 Å². The molecule has 0 unspecified atom stereocenters. The van der Waals surface area contributed by atoms with Gasteiger partial charge in [-0.25, -0.2) is 4.98 Å². The molecule has 1 N–H and O–H groups in total. The number of aromatic nitrogens is 2. The van der Waals surface area contributed by atoms with Crippen molar-refractivity contribution in [3.63, 3.8) is 0 Å². The molecule has 14 heavy (non-hydrogen) atoms. The van der Waals surface area contributed by atoms with Gasteiger partial charge in [-0.2, -0.15) is 0 Å². The summed E-state index contributed by atoms with van der Waals surface area (Å²) in [4.78, 5) is 7.38. The van der Waals surface area contributed by atoms with Gasteiger partial charge in [0.25, 0.3) is 0 Å². The van der Waals surface area contributed by atoms with Crippen molar-refractivity contribution in [3.8, 4) is 0 Å². The van der Waals surface area contributed by atoms with Gasteiger partial charge < -0.3 is 4.98 Å². The second kappa shape index (κ2) is 2.99. The quantitative estimate of drug-likeness (QED) is 0.706. The van der Waals surface area contributed by atoms with E-state index in [4.69, 9.17) is 11.6 Å². The van der Waals surface area contributed by atoms with Crippen molar-refractivity contribution in [1.29, 1.82) is 0 Å². The first-order chi connectivity index (χ1) is 6.52. The third-order valence-electron chi connectivity index (χ3n) is 3.09. The lowest BCUT2D eigenvalue weighted by Crippen LogP contribution is -1.92. The summed E-state index contributed by atoms with van der Waals surface area (Å²) in [6, 6.07) is 0. The molecule has 0 amide bonds. The number of aryl methyl sites for hydroxylation is 2. The predicted molar refractivity (Wildman–Crippen MR) is 60.1 cm³/mol. The second-order valence-electron chi connectivity index (χ2n) is 3.75. The summed E-state index contributed by atoms with van der Waals surface area (Å²) in [5.41, 5.74) is 7.13. The van der Waals surface area contributed by atoms with Crippen LogP contribution < -0.4 is 0 Å². The number of hydrogen-bond acceptors (Lipinski definition) is 1. The Morgan fingerprint density at radius 3 is 2.14 bits per heavy atom. The maximum Gasteiger partial charge on any atom is 0.201 e. The minimum Gasteiger partial charge on any atom is -0.328 e. The molecule has 1 aromatic carbocycles. The Hall–Kier alpha value is -1.02. The number of hydrogen-bond donors (Lipinski definition) is 1. The lowest BCUT2D eigenvalue weighted by Gasteiger charge is -2.09. The van der Waals surface area contributed by atoms with E-state index in [1.54, 1.807) is 0 Å². The zero-order chi connectivity index (χ0) is 10.5. The van der Waals surface area contributed by atoms with Crippen molar-refractivity contribution < 1.29 is 0 Å². The van der Waals surface area contributed by atoms with Gasteiger partial charge in [0.1, 0.15) is 0 Å². The average Bonchev–Trinajstić information content (AvgIpc) is 2.54. The van der Waals surface area contributed by atoms with Gasteiger partial charge in [-0.3, -0.25) is 0 Å². The molecule has 3 heteroatoms. The first-order valence-corrected chi connectivity index (χ1v) is 5.01. The Kier molecular flexibility index (Phi) is 2.04. The molecule has 0 atom stereocenters. The fourth-order valence-electron chi connectivity index (χ4n) is 1.81. The maximum atomic E-state index is 5.87. The van der Waals surface area contributed by atoms with Crippen LogP contribution in [0, 0.1) is 27.7 Å². The number of rotatable bonds is 0. The summed E-state index contributed by atoms with van der Waals surface area (Å²) in [5.74, 6) is 0. The first kappa shape index (κ1) is 9.53. The molecule has 2 rings (SSSR count). The molecule has 0 aliphatic rings. The van der Waals surface area contributed by atoms with E-state index in [1.165, 1.54) is 22.3 Å². The van der Waals surface area contributed by atoms with Crippen LogP contribution in [-0.2, 0) is 0 Å². The van der Waals surface area contributed by atoms with Gasteiger partial charge in [-0.15, -0.1) is 0 Å². The minimum absolute atomic E-state index is 0.469. The normalized spacial score (nSPS) is 11.2. The van der Waals surface area contributed by atoms with Crippen LogP contribution in [0.4, 0.5) is 0 Å². The minimum atomic E-state index is 0.469. The summed E-state index contributed by atoms with van der Waals surface area (Å²) < 4.78 is 0. The molecule has 1 aromatic heterocycles. The summed E-state index contributed by atoms with van der Waals surface area (Å²) in [6.45, 7) is 8.44. The van der Waals surface area contributed by atoms with Crippen LogP contribution in [0.15, 0.2) is 0 Å². The molecule has 2 nitrogen and oxygen atoms in total. The van der Waals surface area contributed by atoms with Gasteiger partial charge in [0, 0.05) is 0 Å². The number of benzene rings is 1. The molecule has 0 saturated carbocycles. The van der Waals surface area contributed by atoms with E-state index in [2.05, 4.69) is 37.7 Å². The highest BCUT2D eigenvalue weighted by Gasteiger charge is 2.11. The maximum absolute atomic E-state index is 5.87. The van der Waals surface area contributed by atoms with Gasteiger partial charge in [0.15, 0.2) is 0 Å². The fraction of sp³-hybridized carbons (Fsp3) is 0.364. The Bertz CT molecular complexity index is 467. The van der Waals surface area contributed by atoms with E-state index in [1.807, 2.05) is 0 Å². The van der Waals surface area contributed by atoms with Crippen LogP contribution in [0.3, 0.4) is 0 Å². The average molecular weight is 209 g/mol. The molecule has 0 aliphatic carbocycles. The van der Waals surface area contributed by atoms with E-state index < -0.39 is 0 Å². The van der Waals surface area contributed by atoms with Crippen molar-refractivity contribution in [1.82, 2.24) is 9.97 Å². The highest BCUT2D eigenvalue weighted by atomic mass is 35.5. The zero-order valence-corrected chi connectivity index (χ0v) is 9.58. The van der Waals surface area contributed by atoms with Crippen molar-refractivity contribution in [2.45, 2.75) is 27.7 Å². The Labute approximate surface area is 88.3 Å². The van der Waals surface area contributed by atoms with Crippen LogP contribution in [-0.4, -0.2) is 9.97 Å². The number of H-pyrrole nitrogens is 1. The van der Waals surface area contributed by atoms with Crippen LogP contribution in [0.2, 0.25) is 5.28 Å². The second-order valence-corrected chi connectivity index (χ2v) is 4.11. The third-order valence-corrected chi connectivity index (χ3v) is 3.27. The molecule has 74 valence electrons. The van der Waals surface area contributed by atoms with E-state index in [0.717, 1.165) is 11.0 Å². The van der Waals surface area contributed by atoms with E-state index in [0.29, 0.717) is 5.28 Å². The van der Waals surface area contributed by atoms with Gasteiger partial charge in [0.05, 0.1) is 11.0 Å². The summed E-state index contributed by atoms with van der Waals surface area (Å²) in [6.07, 6.45) is 0. The number of imidazole rings is 1. The lowest BCUT2D eigenvalue weighted by molar-refractivity contribution is 1.24. The number of nitrogens with one attached hydrogen (secondary N) is 1. The predicted octanol–water partition coefficient (Wildman–Crippen LogP) is 3.45. The van der Waals surface area contributed by atoms with E-state index in [9.17, 15) is 0 Å². The number of nitrogens with zero attached hydrogens (tertiary/aromatic N) is 1. The van der Waals surface area contributed by atoms with Gasteiger partial charge in [-0.05, 0) is 61.5 Å². The molecule has 0 aliphatic heterocycles. The van der Waals surface area contributed by atoms with Crippen molar-refractivity contribution in [2.75, 3.05) is 0 Å². The van der Waals surface area contributed by atoms with E-state index in [-0.39, 0.29) is 0 Å². The standard InChI is InChI=1S/C11H13ClN2/c1-5-6(2)8(4)10-9(7(5)3)13-11(12)14-10/h1-4H3,(H,13,14). The summed E-state index contributed by atoms with van der Waals surface area (Å²) in [5, 5.41) is 0.469. The molecular formula is C11H13ClN2. The topological polar surface area (TPSA) is 28.7 Å². The van der Waals surface area contributed by atoms with Gasteiger partial charge in [0.2, 0.25) is 5.28 Å². The number of aromatic amines is 1. The Morgan fingerprint density at radius 1 is 0.929 bits per heavy atom. The molecule has 0 spiro atoms. The third kappa shape index (κ3) is 1.14. The first-order valence-electron chi connectivity index (χ1n) is 4.64. The monoisotopic (exact) mass is 208 g/mol. The molecule has 2 aromatic rings. The molecule has 0 bridgehead atoms. The zero-order valence-electron chi connectivity index (χ0n) is 8.83.